The second kappa shape index (κ2) is 6.87. The molecule has 0 unspecified atom stereocenters. The van der Waals surface area contributed by atoms with Gasteiger partial charge in [0.2, 0.25) is 0 Å². The van der Waals surface area contributed by atoms with Crippen molar-refractivity contribution in [2.45, 2.75) is 39.2 Å². The number of hydrogen-bond donors (Lipinski definition) is 1. The van der Waals surface area contributed by atoms with Crippen LogP contribution in [0.1, 0.15) is 33.1 Å². The van der Waals surface area contributed by atoms with Gasteiger partial charge in [0.05, 0.1) is 11.1 Å². The first-order chi connectivity index (χ1) is 11.9. The molecule has 0 spiro atoms. The van der Waals surface area contributed by atoms with Crippen molar-refractivity contribution in [3.8, 4) is 5.69 Å². The lowest BCUT2D eigenvalue weighted by Gasteiger charge is -2.31. The van der Waals surface area contributed by atoms with E-state index >= 15 is 0 Å². The predicted octanol–water partition coefficient (Wildman–Crippen LogP) is 3.20. The molecule has 1 aliphatic rings. The largest absolute Gasteiger partial charge is 0.438 e. The molecule has 1 aromatic carbocycles. The van der Waals surface area contributed by atoms with Gasteiger partial charge in [-0.25, -0.2) is 0 Å². The average molecular weight is 366 g/mol. The smallest absolute Gasteiger partial charge is 0.409 e. The Balaban J connectivity index is 2.11. The standard InChI is InChI=1S/C16H20ClN5O3/c1-10-4-3-5-14(11(10)2)18-15-16(22(24)25)19-20(21(15)23)13-8-6-12(17)7-9-13/h6-11,14,23H,3-5H2,1-2H3/t10-,11+,14-/m1/s1. The Hall–Kier alpha value is -2.35. The van der Waals surface area contributed by atoms with Crippen LogP contribution >= 0.6 is 11.6 Å². The van der Waals surface area contributed by atoms with Gasteiger partial charge in [0.1, 0.15) is 5.69 Å². The molecule has 0 amide bonds. The van der Waals surface area contributed by atoms with Gasteiger partial charge in [-0.15, -0.1) is 0 Å². The summed E-state index contributed by atoms with van der Waals surface area (Å²) in [5, 5.41) is 26.3. The van der Waals surface area contributed by atoms with E-state index in [9.17, 15) is 15.3 Å². The zero-order valence-electron chi connectivity index (χ0n) is 14.0. The highest BCUT2D eigenvalue weighted by atomic mass is 35.5. The number of aromatic nitrogens is 3. The molecule has 1 aromatic heterocycles. The summed E-state index contributed by atoms with van der Waals surface area (Å²) < 4.78 is 0. The van der Waals surface area contributed by atoms with Gasteiger partial charge in [0.15, 0.2) is 0 Å². The summed E-state index contributed by atoms with van der Waals surface area (Å²) in [6, 6.07) is 6.38. The molecule has 1 fully saturated rings. The topological polar surface area (TPSA) is 98.5 Å². The third-order valence-corrected chi connectivity index (χ3v) is 5.19. The number of hydrogen-bond acceptors (Lipinski definition) is 5. The predicted molar refractivity (Wildman–Crippen MR) is 91.9 cm³/mol. The number of benzene rings is 1. The van der Waals surface area contributed by atoms with E-state index in [4.69, 9.17) is 11.6 Å². The normalized spacial score (nSPS) is 24.4. The molecule has 2 aromatic rings. The molecule has 1 N–H and O–H groups in total. The highest BCUT2D eigenvalue weighted by Crippen LogP contribution is 2.31. The fourth-order valence-electron chi connectivity index (χ4n) is 3.22. The van der Waals surface area contributed by atoms with Crippen molar-refractivity contribution in [3.05, 3.63) is 44.9 Å². The lowest BCUT2D eigenvalue weighted by molar-refractivity contribution is -0.391. The van der Waals surface area contributed by atoms with Crippen molar-refractivity contribution < 1.29 is 10.1 Å². The summed E-state index contributed by atoms with van der Waals surface area (Å²) in [5.41, 5.74) is 0.312. The van der Waals surface area contributed by atoms with Crippen LogP contribution in [-0.4, -0.2) is 30.9 Å². The first-order valence-corrected chi connectivity index (χ1v) is 8.62. The Kier molecular flexibility index (Phi) is 4.80. The summed E-state index contributed by atoms with van der Waals surface area (Å²) in [4.78, 5) is 16.9. The molecule has 1 saturated carbocycles. The van der Waals surface area contributed by atoms with Crippen LogP contribution in [0.4, 0.5) is 5.82 Å². The first-order valence-electron chi connectivity index (χ1n) is 8.24. The first kappa shape index (κ1) is 17.5. The van der Waals surface area contributed by atoms with Crippen LogP contribution in [0.25, 0.3) is 5.69 Å². The second-order valence-corrected chi connectivity index (χ2v) is 6.96. The van der Waals surface area contributed by atoms with Gasteiger partial charge >= 0.3 is 5.82 Å². The van der Waals surface area contributed by atoms with E-state index in [0.29, 0.717) is 21.5 Å². The number of halogens is 1. The summed E-state index contributed by atoms with van der Waals surface area (Å²) >= 11 is 5.86. The van der Waals surface area contributed by atoms with Gasteiger partial charge in [-0.3, -0.25) is 4.99 Å². The summed E-state index contributed by atoms with van der Waals surface area (Å²) in [6.45, 7) is 4.25. The molecule has 1 heterocycles. The molecule has 134 valence electrons. The Morgan fingerprint density at radius 3 is 2.64 bits per heavy atom. The van der Waals surface area contributed by atoms with E-state index in [-0.39, 0.29) is 17.4 Å². The summed E-state index contributed by atoms with van der Waals surface area (Å²) in [5.74, 6) is 0.301. The summed E-state index contributed by atoms with van der Waals surface area (Å²) in [7, 11) is 0. The van der Waals surface area contributed by atoms with Crippen molar-refractivity contribution in [2.75, 3.05) is 0 Å². The Morgan fingerprint density at radius 2 is 2.00 bits per heavy atom. The number of nitro groups is 1. The van der Waals surface area contributed by atoms with Gasteiger partial charge < -0.3 is 15.3 Å². The van der Waals surface area contributed by atoms with Crippen LogP contribution in [0, 0.1) is 22.0 Å². The van der Waals surface area contributed by atoms with Crippen molar-refractivity contribution >= 4 is 17.4 Å². The minimum atomic E-state index is -0.630. The molecule has 3 atom stereocenters. The Labute approximate surface area is 149 Å². The van der Waals surface area contributed by atoms with Crippen LogP contribution in [0.2, 0.25) is 5.02 Å². The third kappa shape index (κ3) is 3.39. The van der Waals surface area contributed by atoms with Crippen LogP contribution < -0.4 is 5.49 Å². The Morgan fingerprint density at radius 1 is 1.32 bits per heavy atom. The van der Waals surface area contributed by atoms with E-state index in [1.165, 1.54) is 0 Å². The van der Waals surface area contributed by atoms with Gasteiger partial charge in [-0.05, 0) is 52.2 Å². The molecular formula is C16H20ClN5O3. The Bertz CT molecular complexity index is 842. The van der Waals surface area contributed by atoms with Crippen LogP contribution in [0.3, 0.4) is 0 Å². The maximum absolute atomic E-state index is 11.4. The molecule has 0 saturated heterocycles. The SMILES string of the molecule is C[C@H]1[C@H](C)CCC[C@H]1N=c1c([N+](=O)[O-])nn(-c2ccc(Cl)cc2)n1O. The monoisotopic (exact) mass is 365 g/mol. The van der Waals surface area contributed by atoms with Crippen LogP contribution in [0.15, 0.2) is 29.3 Å². The zero-order valence-corrected chi connectivity index (χ0v) is 14.8. The van der Waals surface area contributed by atoms with E-state index in [0.717, 1.165) is 24.1 Å². The summed E-state index contributed by atoms with van der Waals surface area (Å²) in [6.07, 6.45) is 2.98. The van der Waals surface area contributed by atoms with Gasteiger partial charge in [-0.2, -0.15) is 0 Å². The van der Waals surface area contributed by atoms with E-state index < -0.39 is 10.7 Å². The van der Waals surface area contributed by atoms with Crippen molar-refractivity contribution in [2.24, 2.45) is 16.8 Å². The maximum atomic E-state index is 11.4. The number of rotatable bonds is 3. The second-order valence-electron chi connectivity index (χ2n) is 6.52. The number of nitrogens with zero attached hydrogens (tertiary/aromatic N) is 5. The third-order valence-electron chi connectivity index (χ3n) is 4.94. The molecule has 9 heteroatoms. The van der Waals surface area contributed by atoms with E-state index in [1.54, 1.807) is 24.3 Å². The molecule has 1 aliphatic carbocycles. The lowest BCUT2D eigenvalue weighted by atomic mass is 9.78. The van der Waals surface area contributed by atoms with Crippen LogP contribution in [0.5, 0.6) is 0 Å². The van der Waals surface area contributed by atoms with E-state index in [2.05, 4.69) is 23.9 Å². The average Bonchev–Trinajstić information content (AvgIpc) is 2.90. The van der Waals surface area contributed by atoms with Gasteiger partial charge in [0, 0.05) is 5.02 Å². The highest BCUT2D eigenvalue weighted by Gasteiger charge is 2.30. The zero-order chi connectivity index (χ0) is 18.1. The van der Waals surface area contributed by atoms with Gasteiger partial charge in [-0.1, -0.05) is 43.1 Å². The van der Waals surface area contributed by atoms with Crippen molar-refractivity contribution in [3.63, 3.8) is 0 Å². The molecule has 0 radical (unpaired) electrons. The van der Waals surface area contributed by atoms with Crippen molar-refractivity contribution in [1.82, 2.24) is 14.7 Å². The quantitative estimate of drug-likeness (QED) is 0.513. The molecule has 3 rings (SSSR count). The van der Waals surface area contributed by atoms with Crippen LogP contribution in [-0.2, 0) is 0 Å². The maximum Gasteiger partial charge on any atom is 0.438 e. The molecule has 25 heavy (non-hydrogen) atoms. The minimum Gasteiger partial charge on any atom is -0.409 e. The van der Waals surface area contributed by atoms with Gasteiger partial charge in [0.25, 0.3) is 5.49 Å². The van der Waals surface area contributed by atoms with E-state index in [1.807, 2.05) is 0 Å². The molecule has 0 bridgehead atoms. The fourth-order valence-corrected chi connectivity index (χ4v) is 3.34. The molecule has 8 nitrogen and oxygen atoms in total. The molecular weight excluding hydrogens is 346 g/mol. The lowest BCUT2D eigenvalue weighted by Crippen LogP contribution is -2.32. The fraction of sp³-hybridized carbons (Fsp3) is 0.500. The molecule has 0 aliphatic heterocycles. The highest BCUT2D eigenvalue weighted by molar-refractivity contribution is 6.30. The van der Waals surface area contributed by atoms with Crippen molar-refractivity contribution in [1.29, 1.82) is 0 Å². The minimum absolute atomic E-state index is 0.0799.